The molecule has 1 aliphatic rings. The summed E-state index contributed by atoms with van der Waals surface area (Å²) in [5, 5.41) is 8.98. The molecule has 0 spiro atoms. The first-order valence-electron chi connectivity index (χ1n) is 6.57. The van der Waals surface area contributed by atoms with Gasteiger partial charge in [-0.25, -0.2) is 4.79 Å². The second-order valence-corrected chi connectivity index (χ2v) is 6.60. The molecule has 1 saturated carbocycles. The molecule has 3 nitrogen and oxygen atoms in total. The van der Waals surface area contributed by atoms with Crippen molar-refractivity contribution >= 4 is 17.3 Å². The van der Waals surface area contributed by atoms with Crippen LogP contribution in [0.4, 0.5) is 0 Å². The van der Waals surface area contributed by atoms with Gasteiger partial charge in [-0.1, -0.05) is 12.8 Å². The van der Waals surface area contributed by atoms with E-state index in [-0.39, 0.29) is 0 Å². The van der Waals surface area contributed by atoms with Gasteiger partial charge in [-0.15, -0.1) is 11.3 Å². The minimum Gasteiger partial charge on any atom is -0.477 e. The molecule has 1 heterocycles. The third-order valence-electron chi connectivity index (χ3n) is 3.72. The maximum atomic E-state index is 10.9. The fraction of sp³-hybridized carbons (Fsp3) is 0.643. The fourth-order valence-corrected chi connectivity index (χ4v) is 3.64. The number of hydrogen-bond donors (Lipinski definition) is 1. The molecule has 0 bridgehead atoms. The number of nitrogens with zero attached hydrogens (tertiary/aromatic N) is 1. The maximum Gasteiger partial charge on any atom is 0.345 e. The molecule has 1 N–H and O–H groups in total. The van der Waals surface area contributed by atoms with Gasteiger partial charge < -0.3 is 10.0 Å². The molecule has 0 amide bonds. The number of carboxylic acid groups (broad SMARTS) is 1. The Morgan fingerprint density at radius 3 is 2.72 bits per heavy atom. The monoisotopic (exact) mass is 267 g/mol. The van der Waals surface area contributed by atoms with Crippen molar-refractivity contribution in [2.45, 2.75) is 39.2 Å². The van der Waals surface area contributed by atoms with E-state index in [4.69, 9.17) is 5.11 Å². The number of aromatic carboxylic acids is 1. The van der Waals surface area contributed by atoms with E-state index < -0.39 is 5.97 Å². The summed E-state index contributed by atoms with van der Waals surface area (Å²) in [7, 11) is 2.13. The number of carboxylic acids is 1. The van der Waals surface area contributed by atoms with Crippen molar-refractivity contribution in [2.75, 3.05) is 13.6 Å². The largest absolute Gasteiger partial charge is 0.477 e. The number of thiophene rings is 1. The van der Waals surface area contributed by atoms with Crippen molar-refractivity contribution in [3.63, 3.8) is 0 Å². The Morgan fingerprint density at radius 2 is 2.17 bits per heavy atom. The second kappa shape index (κ2) is 5.85. The zero-order valence-corrected chi connectivity index (χ0v) is 11.9. The lowest BCUT2D eigenvalue weighted by Gasteiger charge is -2.20. The normalized spacial score (nSPS) is 16.6. The van der Waals surface area contributed by atoms with Gasteiger partial charge in [0, 0.05) is 18.0 Å². The second-order valence-electron chi connectivity index (χ2n) is 5.34. The molecule has 0 radical (unpaired) electrons. The van der Waals surface area contributed by atoms with E-state index in [0.29, 0.717) is 4.88 Å². The summed E-state index contributed by atoms with van der Waals surface area (Å²) in [6.07, 6.45) is 5.46. The molecule has 100 valence electrons. The van der Waals surface area contributed by atoms with Gasteiger partial charge in [0.05, 0.1) is 0 Å². The van der Waals surface area contributed by atoms with Crippen LogP contribution < -0.4 is 0 Å². The third-order valence-corrected chi connectivity index (χ3v) is 4.80. The highest BCUT2D eigenvalue weighted by atomic mass is 32.1. The number of hydrogen-bond acceptors (Lipinski definition) is 3. The molecule has 1 aromatic rings. The summed E-state index contributed by atoms with van der Waals surface area (Å²) in [5.41, 5.74) is 1.16. The van der Waals surface area contributed by atoms with E-state index in [2.05, 4.69) is 11.9 Å². The van der Waals surface area contributed by atoms with Crippen molar-refractivity contribution in [2.24, 2.45) is 5.92 Å². The van der Waals surface area contributed by atoms with Crippen molar-refractivity contribution in [1.29, 1.82) is 0 Å². The highest BCUT2D eigenvalue weighted by molar-refractivity contribution is 7.14. The smallest absolute Gasteiger partial charge is 0.345 e. The van der Waals surface area contributed by atoms with Gasteiger partial charge in [-0.05, 0) is 44.4 Å². The Morgan fingerprint density at radius 1 is 1.50 bits per heavy atom. The Balaban J connectivity index is 1.93. The van der Waals surface area contributed by atoms with E-state index in [1.54, 1.807) is 0 Å². The van der Waals surface area contributed by atoms with E-state index in [9.17, 15) is 4.79 Å². The summed E-state index contributed by atoms with van der Waals surface area (Å²) < 4.78 is 0. The van der Waals surface area contributed by atoms with Crippen molar-refractivity contribution < 1.29 is 9.90 Å². The predicted molar refractivity (Wildman–Crippen MR) is 74.3 cm³/mol. The third kappa shape index (κ3) is 3.33. The summed E-state index contributed by atoms with van der Waals surface area (Å²) in [6, 6.07) is 1.83. The lowest BCUT2D eigenvalue weighted by molar-refractivity contribution is 0.0702. The van der Waals surface area contributed by atoms with Crippen LogP contribution >= 0.6 is 11.3 Å². The Bertz CT molecular complexity index is 421. The van der Waals surface area contributed by atoms with Crippen LogP contribution in [0.2, 0.25) is 0 Å². The zero-order valence-electron chi connectivity index (χ0n) is 11.1. The van der Waals surface area contributed by atoms with Crippen LogP contribution in [0, 0.1) is 12.8 Å². The Labute approximate surface area is 112 Å². The zero-order chi connectivity index (χ0) is 13.1. The van der Waals surface area contributed by atoms with Crippen LogP contribution in [0.25, 0.3) is 0 Å². The highest BCUT2D eigenvalue weighted by Crippen LogP contribution is 2.27. The van der Waals surface area contributed by atoms with E-state index in [0.717, 1.165) is 29.4 Å². The molecule has 18 heavy (non-hydrogen) atoms. The fourth-order valence-electron chi connectivity index (χ4n) is 2.77. The molecule has 2 rings (SSSR count). The molecule has 1 aromatic heterocycles. The van der Waals surface area contributed by atoms with Crippen molar-refractivity contribution in [3.8, 4) is 0 Å². The highest BCUT2D eigenvalue weighted by Gasteiger charge is 2.18. The van der Waals surface area contributed by atoms with Gasteiger partial charge in [0.25, 0.3) is 0 Å². The van der Waals surface area contributed by atoms with Gasteiger partial charge in [-0.3, -0.25) is 0 Å². The van der Waals surface area contributed by atoms with Crippen molar-refractivity contribution in [3.05, 3.63) is 21.4 Å². The Kier molecular flexibility index (Phi) is 4.40. The minimum absolute atomic E-state index is 0.455. The average molecular weight is 267 g/mol. The van der Waals surface area contributed by atoms with Crippen LogP contribution in [-0.2, 0) is 6.54 Å². The van der Waals surface area contributed by atoms with Gasteiger partial charge in [0.1, 0.15) is 4.88 Å². The van der Waals surface area contributed by atoms with E-state index in [1.807, 2.05) is 13.0 Å². The average Bonchev–Trinajstić information content (AvgIpc) is 2.89. The minimum atomic E-state index is -0.812. The molecule has 0 aliphatic heterocycles. The molecule has 0 saturated heterocycles. The number of carbonyl (C=O) groups is 1. The lowest BCUT2D eigenvalue weighted by Crippen LogP contribution is -2.24. The molecule has 0 aromatic carbocycles. The van der Waals surface area contributed by atoms with Crippen LogP contribution in [0.3, 0.4) is 0 Å². The first-order chi connectivity index (χ1) is 8.56. The topological polar surface area (TPSA) is 40.5 Å². The molecule has 0 unspecified atom stereocenters. The van der Waals surface area contributed by atoms with Crippen LogP contribution in [0.15, 0.2) is 6.07 Å². The number of aryl methyl sites for hydroxylation is 1. The Hall–Kier alpha value is -0.870. The molecular formula is C14H21NO2S. The molecule has 1 aliphatic carbocycles. The van der Waals surface area contributed by atoms with E-state index >= 15 is 0 Å². The lowest BCUT2D eigenvalue weighted by atomic mass is 10.1. The molecule has 1 fully saturated rings. The maximum absolute atomic E-state index is 10.9. The van der Waals surface area contributed by atoms with Crippen LogP contribution in [0.1, 0.15) is 45.8 Å². The standard InChI is InChI=1S/C14H21NO2S/c1-10-12(7-13(18-10)14(16)17)9-15(2)8-11-5-3-4-6-11/h7,11H,3-6,8-9H2,1-2H3,(H,16,17). The summed E-state index contributed by atoms with van der Waals surface area (Å²) in [5.74, 6) is 0.0284. The van der Waals surface area contributed by atoms with Crippen LogP contribution in [0.5, 0.6) is 0 Å². The number of rotatable bonds is 5. The quantitative estimate of drug-likeness (QED) is 0.889. The van der Waals surface area contributed by atoms with Gasteiger partial charge in [-0.2, -0.15) is 0 Å². The van der Waals surface area contributed by atoms with E-state index in [1.165, 1.54) is 37.0 Å². The molecular weight excluding hydrogens is 246 g/mol. The SMILES string of the molecule is Cc1sc(C(=O)O)cc1CN(C)CC1CCCC1. The van der Waals surface area contributed by atoms with Crippen LogP contribution in [-0.4, -0.2) is 29.6 Å². The molecule has 4 heteroatoms. The van der Waals surface area contributed by atoms with Gasteiger partial charge in [0.15, 0.2) is 0 Å². The first kappa shape index (κ1) is 13.6. The first-order valence-corrected chi connectivity index (χ1v) is 7.39. The summed E-state index contributed by atoms with van der Waals surface area (Å²) >= 11 is 1.38. The summed E-state index contributed by atoms with van der Waals surface area (Å²) in [6.45, 7) is 4.01. The van der Waals surface area contributed by atoms with Gasteiger partial charge >= 0.3 is 5.97 Å². The van der Waals surface area contributed by atoms with Crippen molar-refractivity contribution in [1.82, 2.24) is 4.90 Å². The predicted octanol–water partition coefficient (Wildman–Crippen LogP) is 3.38. The molecule has 0 atom stereocenters. The van der Waals surface area contributed by atoms with Gasteiger partial charge in [0.2, 0.25) is 0 Å². The summed E-state index contributed by atoms with van der Waals surface area (Å²) in [4.78, 5) is 14.8.